The van der Waals surface area contributed by atoms with E-state index in [4.69, 9.17) is 10.5 Å². The van der Waals surface area contributed by atoms with Gasteiger partial charge < -0.3 is 10.5 Å². The molecule has 100 valence electrons. The van der Waals surface area contributed by atoms with Crippen LogP contribution in [0.1, 0.15) is 6.92 Å². The second-order valence-corrected chi connectivity index (χ2v) is 4.96. The topological polar surface area (TPSA) is 35.2 Å². The zero-order valence-electron chi connectivity index (χ0n) is 10.3. The molecule has 2 N–H and O–H groups in total. The second kappa shape index (κ2) is 5.93. The standard InChI is InChI=1S/C14H13F2NOS/c1-2-18-11-6-10(17)7-12(8-11)19-14-4-3-9(15)5-13(14)16/h3-8H,2,17H2,1H3. The van der Waals surface area contributed by atoms with Crippen LogP contribution in [0.4, 0.5) is 14.5 Å². The van der Waals surface area contributed by atoms with Crippen LogP contribution < -0.4 is 10.5 Å². The molecule has 2 aromatic carbocycles. The summed E-state index contributed by atoms with van der Waals surface area (Å²) in [6, 6.07) is 8.68. The molecule has 0 spiro atoms. The van der Waals surface area contributed by atoms with Crippen LogP contribution in [0.2, 0.25) is 0 Å². The van der Waals surface area contributed by atoms with Crippen LogP contribution >= 0.6 is 11.8 Å². The molecule has 0 aliphatic carbocycles. The number of benzene rings is 2. The van der Waals surface area contributed by atoms with Crippen LogP contribution in [0.25, 0.3) is 0 Å². The molecule has 0 saturated heterocycles. The zero-order chi connectivity index (χ0) is 13.8. The van der Waals surface area contributed by atoms with Crippen LogP contribution in [0.3, 0.4) is 0 Å². The molecule has 0 heterocycles. The van der Waals surface area contributed by atoms with E-state index in [-0.39, 0.29) is 0 Å². The summed E-state index contributed by atoms with van der Waals surface area (Å²) in [7, 11) is 0. The molecule has 0 amide bonds. The van der Waals surface area contributed by atoms with Gasteiger partial charge in [0.2, 0.25) is 0 Å². The number of anilines is 1. The van der Waals surface area contributed by atoms with Crippen LogP contribution in [0, 0.1) is 11.6 Å². The summed E-state index contributed by atoms with van der Waals surface area (Å²) in [6.07, 6.45) is 0. The van der Waals surface area contributed by atoms with Gasteiger partial charge in [-0.1, -0.05) is 11.8 Å². The summed E-state index contributed by atoms with van der Waals surface area (Å²) >= 11 is 1.18. The maximum absolute atomic E-state index is 13.6. The first-order valence-corrected chi connectivity index (χ1v) is 6.56. The fourth-order valence-corrected chi connectivity index (χ4v) is 2.50. The molecule has 5 heteroatoms. The second-order valence-electron chi connectivity index (χ2n) is 3.85. The number of halogens is 2. The van der Waals surface area contributed by atoms with Gasteiger partial charge in [-0.15, -0.1) is 0 Å². The van der Waals surface area contributed by atoms with E-state index in [0.29, 0.717) is 22.9 Å². The monoisotopic (exact) mass is 281 g/mol. The number of ether oxygens (including phenoxy) is 1. The maximum Gasteiger partial charge on any atom is 0.140 e. The average molecular weight is 281 g/mol. The summed E-state index contributed by atoms with van der Waals surface area (Å²) < 4.78 is 31.8. The first-order valence-electron chi connectivity index (χ1n) is 5.74. The molecule has 19 heavy (non-hydrogen) atoms. The molecular formula is C14H13F2NOS. The third-order valence-corrected chi connectivity index (χ3v) is 3.36. The number of hydrogen-bond acceptors (Lipinski definition) is 3. The van der Waals surface area contributed by atoms with Gasteiger partial charge in [-0.3, -0.25) is 0 Å². The number of nitrogens with two attached hydrogens (primary N) is 1. The minimum absolute atomic E-state index is 0.342. The molecule has 2 nitrogen and oxygen atoms in total. The Hall–Kier alpha value is -1.75. The number of hydrogen-bond donors (Lipinski definition) is 1. The van der Waals surface area contributed by atoms with Crippen LogP contribution in [0.5, 0.6) is 5.75 Å². The van der Waals surface area contributed by atoms with Crippen molar-refractivity contribution in [2.24, 2.45) is 0 Å². The molecule has 0 aliphatic heterocycles. The molecule has 0 bridgehead atoms. The first-order chi connectivity index (χ1) is 9.08. The van der Waals surface area contributed by atoms with E-state index in [2.05, 4.69) is 0 Å². The SMILES string of the molecule is CCOc1cc(N)cc(Sc2ccc(F)cc2F)c1. The number of nitrogen functional groups attached to an aromatic ring is 1. The zero-order valence-corrected chi connectivity index (χ0v) is 11.1. The van der Waals surface area contributed by atoms with Crippen molar-refractivity contribution in [1.82, 2.24) is 0 Å². The normalized spacial score (nSPS) is 10.5. The highest BCUT2D eigenvalue weighted by atomic mass is 32.2. The Morgan fingerprint density at radius 2 is 1.95 bits per heavy atom. The van der Waals surface area contributed by atoms with Gasteiger partial charge in [-0.2, -0.15) is 0 Å². The van der Waals surface area contributed by atoms with Crippen molar-refractivity contribution in [2.45, 2.75) is 16.7 Å². The smallest absolute Gasteiger partial charge is 0.140 e. The Kier molecular flexibility index (Phi) is 4.27. The van der Waals surface area contributed by atoms with Crippen molar-refractivity contribution >= 4 is 17.4 Å². The molecule has 2 aromatic rings. The molecule has 0 radical (unpaired) electrons. The van der Waals surface area contributed by atoms with Gasteiger partial charge in [0.15, 0.2) is 0 Å². The number of rotatable bonds is 4. The van der Waals surface area contributed by atoms with Gasteiger partial charge in [-0.25, -0.2) is 8.78 Å². The summed E-state index contributed by atoms with van der Waals surface area (Å²) in [6.45, 7) is 2.40. The summed E-state index contributed by atoms with van der Waals surface area (Å²) in [5, 5.41) is 0. The lowest BCUT2D eigenvalue weighted by atomic mass is 10.3. The van der Waals surface area contributed by atoms with Gasteiger partial charge in [0.25, 0.3) is 0 Å². The van der Waals surface area contributed by atoms with Gasteiger partial charge in [0.05, 0.1) is 6.61 Å². The lowest BCUT2D eigenvalue weighted by Gasteiger charge is -2.08. The molecular weight excluding hydrogens is 268 g/mol. The highest BCUT2D eigenvalue weighted by Gasteiger charge is 2.07. The first kappa shape index (κ1) is 13.7. The van der Waals surface area contributed by atoms with Crippen molar-refractivity contribution in [1.29, 1.82) is 0 Å². The van der Waals surface area contributed by atoms with Crippen molar-refractivity contribution in [3.05, 3.63) is 48.0 Å². The highest BCUT2D eigenvalue weighted by molar-refractivity contribution is 7.99. The largest absolute Gasteiger partial charge is 0.494 e. The third kappa shape index (κ3) is 3.61. The molecule has 0 atom stereocenters. The Morgan fingerprint density at radius 3 is 2.63 bits per heavy atom. The third-order valence-electron chi connectivity index (χ3n) is 2.34. The fourth-order valence-electron chi connectivity index (χ4n) is 1.59. The maximum atomic E-state index is 13.6. The van der Waals surface area contributed by atoms with Gasteiger partial charge in [0.1, 0.15) is 17.4 Å². The Bertz CT molecular complexity index is 590. The fraction of sp³-hybridized carbons (Fsp3) is 0.143. The minimum atomic E-state index is -0.593. The molecule has 2 rings (SSSR count). The Labute approximate surface area is 114 Å². The van der Waals surface area contributed by atoms with Crippen LogP contribution in [0.15, 0.2) is 46.2 Å². The van der Waals surface area contributed by atoms with E-state index in [1.54, 1.807) is 18.2 Å². The molecule has 0 unspecified atom stereocenters. The molecule has 0 fully saturated rings. The van der Waals surface area contributed by atoms with E-state index in [0.717, 1.165) is 11.0 Å². The quantitative estimate of drug-likeness (QED) is 0.857. The Balaban J connectivity index is 2.27. The van der Waals surface area contributed by atoms with Crippen molar-refractivity contribution in [3.63, 3.8) is 0 Å². The van der Waals surface area contributed by atoms with Gasteiger partial charge >= 0.3 is 0 Å². The van der Waals surface area contributed by atoms with Crippen molar-refractivity contribution in [2.75, 3.05) is 12.3 Å². The van der Waals surface area contributed by atoms with Gasteiger partial charge in [-0.05, 0) is 31.2 Å². The lowest BCUT2D eigenvalue weighted by Crippen LogP contribution is -1.94. The van der Waals surface area contributed by atoms with E-state index in [9.17, 15) is 8.78 Å². The molecule has 0 aliphatic rings. The van der Waals surface area contributed by atoms with E-state index in [1.807, 2.05) is 6.92 Å². The minimum Gasteiger partial charge on any atom is -0.494 e. The van der Waals surface area contributed by atoms with Crippen molar-refractivity contribution < 1.29 is 13.5 Å². The van der Waals surface area contributed by atoms with Crippen molar-refractivity contribution in [3.8, 4) is 5.75 Å². The average Bonchev–Trinajstić information content (AvgIpc) is 2.32. The lowest BCUT2D eigenvalue weighted by molar-refractivity contribution is 0.339. The van der Waals surface area contributed by atoms with Crippen LogP contribution in [-0.2, 0) is 0 Å². The Morgan fingerprint density at radius 1 is 1.16 bits per heavy atom. The van der Waals surface area contributed by atoms with E-state index < -0.39 is 11.6 Å². The van der Waals surface area contributed by atoms with Crippen LogP contribution in [-0.4, -0.2) is 6.61 Å². The van der Waals surface area contributed by atoms with E-state index in [1.165, 1.54) is 23.9 Å². The predicted octanol–water partition coefficient (Wildman–Crippen LogP) is 4.10. The predicted molar refractivity (Wildman–Crippen MR) is 72.5 cm³/mol. The summed E-state index contributed by atoms with van der Waals surface area (Å²) in [4.78, 5) is 1.09. The molecule has 0 aromatic heterocycles. The van der Waals surface area contributed by atoms with E-state index >= 15 is 0 Å². The summed E-state index contributed by atoms with van der Waals surface area (Å²) in [5.74, 6) is -0.553. The molecule has 0 saturated carbocycles. The highest BCUT2D eigenvalue weighted by Crippen LogP contribution is 2.33. The van der Waals surface area contributed by atoms with Gasteiger partial charge in [0, 0.05) is 27.6 Å². The summed E-state index contributed by atoms with van der Waals surface area (Å²) in [5.41, 5.74) is 6.30.